The first-order chi connectivity index (χ1) is 7.55. The molecular formula is C9H6ClF6N. The number of hydrogen-bond donors (Lipinski definition) is 1. The molecule has 0 radical (unpaired) electrons. The van der Waals surface area contributed by atoms with Gasteiger partial charge in [0.25, 0.3) is 0 Å². The zero-order valence-electron chi connectivity index (χ0n) is 8.03. The van der Waals surface area contributed by atoms with Gasteiger partial charge in [-0.25, -0.2) is 0 Å². The van der Waals surface area contributed by atoms with Crippen molar-refractivity contribution in [2.75, 3.05) is 0 Å². The van der Waals surface area contributed by atoms with Crippen LogP contribution in [0.5, 0.6) is 0 Å². The summed E-state index contributed by atoms with van der Waals surface area (Å²) in [5.74, 6) is 0. The average molecular weight is 278 g/mol. The Labute approximate surface area is 97.2 Å². The average Bonchev–Trinajstić information content (AvgIpc) is 2.13. The zero-order valence-corrected chi connectivity index (χ0v) is 8.79. The van der Waals surface area contributed by atoms with E-state index in [-0.39, 0.29) is 0 Å². The third-order valence-electron chi connectivity index (χ3n) is 2.02. The van der Waals surface area contributed by atoms with Gasteiger partial charge in [-0.15, -0.1) is 0 Å². The maximum atomic E-state index is 12.4. The SMILES string of the molecule is N[C@@H](c1cccc(C(F)(F)F)c1Cl)C(F)(F)F. The van der Waals surface area contributed by atoms with E-state index in [0.29, 0.717) is 6.07 Å². The zero-order chi connectivity index (χ0) is 13.4. The largest absolute Gasteiger partial charge is 0.417 e. The van der Waals surface area contributed by atoms with Crippen molar-refractivity contribution >= 4 is 11.6 Å². The number of benzene rings is 1. The first kappa shape index (κ1) is 14.1. The highest BCUT2D eigenvalue weighted by molar-refractivity contribution is 6.32. The number of hydrogen-bond acceptors (Lipinski definition) is 1. The molecule has 8 heteroatoms. The van der Waals surface area contributed by atoms with Crippen molar-refractivity contribution in [2.45, 2.75) is 18.4 Å². The molecule has 96 valence electrons. The van der Waals surface area contributed by atoms with E-state index in [1.54, 1.807) is 0 Å². The van der Waals surface area contributed by atoms with Crippen LogP contribution in [0.25, 0.3) is 0 Å². The molecule has 0 aliphatic rings. The van der Waals surface area contributed by atoms with Gasteiger partial charge in [0.15, 0.2) is 0 Å². The van der Waals surface area contributed by atoms with Gasteiger partial charge < -0.3 is 5.73 Å². The van der Waals surface area contributed by atoms with E-state index in [2.05, 4.69) is 0 Å². The van der Waals surface area contributed by atoms with E-state index in [0.717, 1.165) is 12.1 Å². The first-order valence-corrected chi connectivity index (χ1v) is 4.61. The lowest BCUT2D eigenvalue weighted by Gasteiger charge is -2.19. The van der Waals surface area contributed by atoms with Crippen LogP contribution in [0.15, 0.2) is 18.2 Å². The van der Waals surface area contributed by atoms with Gasteiger partial charge in [0.1, 0.15) is 6.04 Å². The summed E-state index contributed by atoms with van der Waals surface area (Å²) in [4.78, 5) is 0. The molecule has 0 bridgehead atoms. The van der Waals surface area contributed by atoms with Crippen LogP contribution in [-0.4, -0.2) is 6.18 Å². The Morgan fingerprint density at radius 2 is 1.59 bits per heavy atom. The Bertz CT molecular complexity index is 411. The fourth-order valence-corrected chi connectivity index (χ4v) is 1.54. The second-order valence-corrected chi connectivity index (χ2v) is 3.60. The molecule has 0 aliphatic heterocycles. The molecule has 2 N–H and O–H groups in total. The molecule has 1 aromatic carbocycles. The maximum Gasteiger partial charge on any atom is 0.417 e. The lowest BCUT2D eigenvalue weighted by Crippen LogP contribution is -2.29. The summed E-state index contributed by atoms with van der Waals surface area (Å²) in [6, 6.07) is -0.308. The minimum absolute atomic E-state index is 0.592. The number of rotatable bonds is 1. The van der Waals surface area contributed by atoms with Gasteiger partial charge in [0, 0.05) is 0 Å². The Morgan fingerprint density at radius 3 is 2.00 bits per heavy atom. The minimum atomic E-state index is -4.85. The van der Waals surface area contributed by atoms with Crippen LogP contribution in [0, 0.1) is 0 Å². The highest BCUT2D eigenvalue weighted by Crippen LogP contribution is 2.40. The molecule has 0 aliphatic carbocycles. The van der Waals surface area contributed by atoms with Crippen LogP contribution in [0.3, 0.4) is 0 Å². The third-order valence-corrected chi connectivity index (χ3v) is 2.44. The van der Waals surface area contributed by atoms with E-state index in [1.165, 1.54) is 0 Å². The number of nitrogens with two attached hydrogens (primary N) is 1. The van der Waals surface area contributed by atoms with E-state index in [1.807, 2.05) is 0 Å². The normalized spacial score (nSPS) is 14.8. The summed E-state index contributed by atoms with van der Waals surface area (Å²) in [6.07, 6.45) is -9.67. The van der Waals surface area contributed by atoms with Crippen molar-refractivity contribution < 1.29 is 26.3 Å². The lowest BCUT2D eigenvalue weighted by molar-refractivity contribution is -0.150. The molecule has 0 fully saturated rings. The van der Waals surface area contributed by atoms with E-state index in [4.69, 9.17) is 17.3 Å². The quantitative estimate of drug-likeness (QED) is 0.774. The van der Waals surface area contributed by atoms with Gasteiger partial charge >= 0.3 is 12.4 Å². The van der Waals surface area contributed by atoms with Crippen molar-refractivity contribution in [3.05, 3.63) is 34.3 Å². The van der Waals surface area contributed by atoms with Crippen LogP contribution in [0.1, 0.15) is 17.2 Å². The maximum absolute atomic E-state index is 12.4. The molecule has 1 aromatic rings. The van der Waals surface area contributed by atoms with Crippen molar-refractivity contribution in [2.24, 2.45) is 5.73 Å². The smallest absolute Gasteiger partial charge is 0.316 e. The Balaban J connectivity index is 3.30. The molecule has 1 nitrogen and oxygen atoms in total. The van der Waals surface area contributed by atoms with Crippen LogP contribution >= 0.6 is 11.6 Å². The summed E-state index contributed by atoms with van der Waals surface area (Å²) < 4.78 is 74.0. The predicted octanol–water partition coefficient (Wildman–Crippen LogP) is 3.92. The monoisotopic (exact) mass is 277 g/mol. The number of alkyl halides is 6. The first-order valence-electron chi connectivity index (χ1n) is 4.23. The highest BCUT2D eigenvalue weighted by atomic mass is 35.5. The van der Waals surface area contributed by atoms with Gasteiger partial charge in [-0.3, -0.25) is 0 Å². The molecule has 0 spiro atoms. The van der Waals surface area contributed by atoms with Gasteiger partial charge in [-0.2, -0.15) is 26.3 Å². The standard InChI is InChI=1S/C9H6ClF6N/c10-6-4(7(17)9(14,15)16)2-1-3-5(6)8(11,12)13/h1-3,7H,17H2/t7-/m0/s1. The van der Waals surface area contributed by atoms with Gasteiger partial charge in [-0.1, -0.05) is 23.7 Å². The molecule has 0 aromatic heterocycles. The highest BCUT2D eigenvalue weighted by Gasteiger charge is 2.41. The Hall–Kier alpha value is -0.950. The molecule has 17 heavy (non-hydrogen) atoms. The van der Waals surface area contributed by atoms with E-state index >= 15 is 0 Å². The van der Waals surface area contributed by atoms with Crippen LogP contribution in [0.2, 0.25) is 5.02 Å². The van der Waals surface area contributed by atoms with E-state index in [9.17, 15) is 26.3 Å². The summed E-state index contributed by atoms with van der Waals surface area (Å²) in [6.45, 7) is 0. The molecule has 0 unspecified atom stereocenters. The van der Waals surface area contributed by atoms with Gasteiger partial charge in [-0.05, 0) is 11.6 Å². The fourth-order valence-electron chi connectivity index (χ4n) is 1.19. The number of halogens is 7. The fraction of sp³-hybridized carbons (Fsp3) is 0.333. The third kappa shape index (κ3) is 3.04. The summed E-state index contributed by atoms with van der Waals surface area (Å²) in [7, 11) is 0. The van der Waals surface area contributed by atoms with Crippen molar-refractivity contribution in [1.82, 2.24) is 0 Å². The molecule has 0 amide bonds. The van der Waals surface area contributed by atoms with Gasteiger partial charge in [0.2, 0.25) is 0 Å². The Morgan fingerprint density at radius 1 is 1.06 bits per heavy atom. The molecule has 0 saturated heterocycles. The molecule has 1 atom stereocenters. The topological polar surface area (TPSA) is 26.0 Å². The van der Waals surface area contributed by atoms with Crippen molar-refractivity contribution in [3.8, 4) is 0 Å². The lowest BCUT2D eigenvalue weighted by atomic mass is 10.0. The second-order valence-electron chi connectivity index (χ2n) is 3.23. The summed E-state index contributed by atoms with van der Waals surface area (Å²) in [5.41, 5.74) is 2.67. The molecular weight excluding hydrogens is 272 g/mol. The van der Waals surface area contributed by atoms with Crippen molar-refractivity contribution in [3.63, 3.8) is 0 Å². The summed E-state index contributed by atoms with van der Waals surface area (Å²) >= 11 is 5.29. The minimum Gasteiger partial charge on any atom is -0.316 e. The molecule has 0 heterocycles. The second kappa shape index (κ2) is 4.38. The predicted molar refractivity (Wildman–Crippen MR) is 49.4 cm³/mol. The van der Waals surface area contributed by atoms with E-state index < -0.39 is 34.5 Å². The van der Waals surface area contributed by atoms with Crippen LogP contribution < -0.4 is 5.73 Å². The van der Waals surface area contributed by atoms with Crippen LogP contribution in [-0.2, 0) is 6.18 Å². The van der Waals surface area contributed by atoms with Crippen molar-refractivity contribution in [1.29, 1.82) is 0 Å². The van der Waals surface area contributed by atoms with Gasteiger partial charge in [0.05, 0.1) is 10.6 Å². The Kier molecular flexibility index (Phi) is 3.63. The summed E-state index contributed by atoms with van der Waals surface area (Å²) in [5, 5.41) is -1.02. The molecule has 0 saturated carbocycles. The molecule has 1 rings (SSSR count). The van der Waals surface area contributed by atoms with Crippen LogP contribution in [0.4, 0.5) is 26.3 Å².